The van der Waals surface area contributed by atoms with E-state index in [1.165, 1.54) is 16.7 Å². The Balaban J connectivity index is 1.58. The third-order valence-corrected chi connectivity index (χ3v) is 13.0. The summed E-state index contributed by atoms with van der Waals surface area (Å²) in [5.41, 5.74) is -15.1. The second-order valence-electron chi connectivity index (χ2n) is 22.3. The number of para-hydroxylation sites is 1. The second kappa shape index (κ2) is 19.3. The molecular formula is C71H79N3O. The Morgan fingerprint density at radius 2 is 1.15 bits per heavy atom. The van der Waals surface area contributed by atoms with Crippen LogP contribution in [-0.4, -0.2) is 19.6 Å². The first kappa shape index (κ1) is 27.7. The topological polar surface area (TPSA) is 50.9 Å². The van der Waals surface area contributed by atoms with Gasteiger partial charge in [0.05, 0.1) is 32.1 Å². The van der Waals surface area contributed by atoms with E-state index >= 15 is 0 Å². The molecular weight excluding hydrogens is 911 g/mol. The molecule has 0 aliphatic carbocycles. The molecule has 7 aromatic carbocycles. The van der Waals surface area contributed by atoms with E-state index in [4.69, 9.17) is 40.6 Å². The van der Waals surface area contributed by atoms with Crippen LogP contribution in [0.25, 0.3) is 83.9 Å². The van der Waals surface area contributed by atoms with Crippen molar-refractivity contribution >= 4 is 11.0 Å². The van der Waals surface area contributed by atoms with E-state index in [1.54, 1.807) is 112 Å². The van der Waals surface area contributed by atoms with Gasteiger partial charge in [0.15, 0.2) is 0 Å². The van der Waals surface area contributed by atoms with Crippen LogP contribution >= 0.6 is 0 Å². The number of pyridine rings is 1. The standard InChI is InChI=1S/C71H79N3O/c1-44-33-46(42-67(3,4)5)31-32-54(44)56-41-61(72-43-45(56)2)50-34-49(35-51(36-50)68(6,7)8)55-29-24-30-62-63(55)73-66(59-39-53(70(12,13)14)40-60(65(59)75)71(15,16)17)74(62)64-57(47-25-20-18-21-26-47)37-52(69(9,10)11)38-58(64)48-27-22-19-23-28-48/h18-41,43,75H,42H2,1-17H3/i1D3,2D3,12D3,13D3,14D3,15D3,16D3,17D3,32D,39D,40D,42D2. The first-order valence-corrected chi connectivity index (χ1v) is 24.5. The third kappa shape index (κ3) is 10.8. The number of nitrogens with zero attached hydrogens (tertiary/aromatic N) is 3. The van der Waals surface area contributed by atoms with Gasteiger partial charge in [-0.15, -0.1) is 0 Å². The molecule has 0 saturated carbocycles. The molecule has 0 spiro atoms. The van der Waals surface area contributed by atoms with Crippen molar-refractivity contribution in [2.45, 2.75) is 145 Å². The van der Waals surface area contributed by atoms with Gasteiger partial charge in [-0.2, -0.15) is 0 Å². The highest BCUT2D eigenvalue weighted by molar-refractivity contribution is 6.00. The molecule has 0 amide bonds. The summed E-state index contributed by atoms with van der Waals surface area (Å²) in [7, 11) is 0. The number of hydrogen-bond donors (Lipinski definition) is 1. The Kier molecular flexibility index (Phi) is 7.11. The highest BCUT2D eigenvalue weighted by atomic mass is 16.3. The average Bonchev–Trinajstić information content (AvgIpc) is 0.874. The van der Waals surface area contributed by atoms with Crippen LogP contribution in [0.3, 0.4) is 0 Å². The van der Waals surface area contributed by atoms with Gasteiger partial charge in [0.2, 0.25) is 0 Å². The SMILES string of the molecule is [2H]c1cc(C([2H])([2H])C(C)(C)C)cc(C([2H])([2H])[2H])c1-c1cc(-c2cc(-c3cccc4c3nc(-c3c([2H])c(C(C([2H])([2H])[2H])(C([2H])([2H])[2H])C([2H])([2H])[2H])c([2H])c(C(C([2H])([2H])[2H])(C([2H])([2H])[2H])C([2H])([2H])[2H])c3O)n4-c3c(-c4ccccc4)cc(C(C)(C)C)cc3-c3ccccc3)cc(C(C)(C)C)c2)ncc1C([2H])([2H])[2H]. The second-order valence-corrected chi connectivity index (χ2v) is 22.3. The maximum Gasteiger partial charge on any atom is 0.149 e. The van der Waals surface area contributed by atoms with Crippen LogP contribution in [0, 0.1) is 19.1 Å². The smallest absolute Gasteiger partial charge is 0.149 e. The quantitative estimate of drug-likeness (QED) is 0.165. The number of rotatable bonds is 8. The van der Waals surface area contributed by atoms with Gasteiger partial charge in [0.25, 0.3) is 0 Å². The molecule has 0 bridgehead atoms. The van der Waals surface area contributed by atoms with Gasteiger partial charge < -0.3 is 5.11 Å². The van der Waals surface area contributed by atoms with E-state index in [9.17, 15) is 9.22 Å². The van der Waals surface area contributed by atoms with Gasteiger partial charge >= 0.3 is 0 Å². The lowest BCUT2D eigenvalue weighted by atomic mass is 9.78. The van der Waals surface area contributed by atoms with Crippen LogP contribution in [0.5, 0.6) is 5.75 Å². The lowest BCUT2D eigenvalue weighted by molar-refractivity contribution is 0.411. The zero-order valence-electron chi connectivity index (χ0n) is 72.5. The van der Waals surface area contributed by atoms with Gasteiger partial charge in [0.1, 0.15) is 11.6 Å². The van der Waals surface area contributed by atoms with Crippen molar-refractivity contribution < 1.29 is 44.9 Å². The lowest BCUT2D eigenvalue weighted by Gasteiger charge is -2.28. The summed E-state index contributed by atoms with van der Waals surface area (Å²) in [5.74, 6) is -2.62. The third-order valence-electron chi connectivity index (χ3n) is 13.0. The van der Waals surface area contributed by atoms with E-state index in [0.717, 1.165) is 18.3 Å². The zero-order chi connectivity index (χ0) is 78.6. The summed E-state index contributed by atoms with van der Waals surface area (Å²) in [6, 6.07) is 30.2. The maximum absolute atomic E-state index is 13.6. The van der Waals surface area contributed by atoms with Gasteiger partial charge in [-0.05, 0) is 151 Å². The normalized spacial score (nSPS) is 19.9. The number of benzene rings is 7. The maximum atomic E-state index is 13.6. The Bertz CT molecular complexity index is 4580. The van der Waals surface area contributed by atoms with Gasteiger partial charge in [-0.25, -0.2) is 4.98 Å². The summed E-state index contributed by atoms with van der Waals surface area (Å²) in [4.78, 5) is 9.89. The fraction of sp³-hybridized carbons (Fsp3) is 0.324. The fourth-order valence-corrected chi connectivity index (χ4v) is 9.26. The molecule has 1 N–H and O–H groups in total. The summed E-state index contributed by atoms with van der Waals surface area (Å²) in [6.45, 7) is -16.4. The number of aromatic nitrogens is 3. The monoisotopic (exact) mass is 1020 g/mol. The zero-order valence-corrected chi connectivity index (χ0v) is 43.5. The number of aromatic hydroxyl groups is 1. The largest absolute Gasteiger partial charge is 0.507 e. The van der Waals surface area contributed by atoms with E-state index in [-0.39, 0.29) is 55.8 Å². The number of imidazole rings is 1. The molecule has 0 fully saturated rings. The first-order chi connectivity index (χ1) is 47.0. The minimum absolute atomic E-state index is 0.0146. The average molecular weight is 1020 g/mol. The molecule has 0 unspecified atom stereocenters. The molecule has 9 rings (SSSR count). The predicted molar refractivity (Wildman–Crippen MR) is 321 cm³/mol. The van der Waals surface area contributed by atoms with Gasteiger partial charge in [-0.1, -0.05) is 207 Å². The molecule has 9 aromatic rings. The van der Waals surface area contributed by atoms with Crippen LogP contribution in [0.1, 0.15) is 182 Å². The van der Waals surface area contributed by atoms with Crippen molar-refractivity contribution in [3.63, 3.8) is 0 Å². The number of fused-ring (bicyclic) bond motifs is 1. The summed E-state index contributed by atoms with van der Waals surface area (Å²) in [5, 5.41) is 13.6. The number of aryl methyl sites for hydroxylation is 2. The summed E-state index contributed by atoms with van der Waals surface area (Å²) < 4.78 is 263. The van der Waals surface area contributed by atoms with Crippen molar-refractivity contribution in [3.05, 3.63) is 191 Å². The molecule has 4 heteroatoms. The van der Waals surface area contributed by atoms with E-state index < -0.39 is 146 Å². The Morgan fingerprint density at radius 3 is 1.73 bits per heavy atom. The lowest BCUT2D eigenvalue weighted by Crippen LogP contribution is -2.17. The minimum Gasteiger partial charge on any atom is -0.507 e. The van der Waals surface area contributed by atoms with Gasteiger partial charge in [0, 0.05) is 69.7 Å². The fourth-order valence-electron chi connectivity index (χ4n) is 9.26. The molecule has 2 aromatic heterocycles. The summed E-state index contributed by atoms with van der Waals surface area (Å²) in [6.07, 6.45) is -1.17. The Morgan fingerprint density at radius 1 is 0.533 bits per heavy atom. The molecule has 2 heterocycles. The number of phenolic OH excluding ortho intramolecular Hbond substituents is 1. The molecule has 0 aliphatic heterocycles. The summed E-state index contributed by atoms with van der Waals surface area (Å²) >= 11 is 0. The Hall–Kier alpha value is -7.04. The van der Waals surface area contributed by atoms with Crippen molar-refractivity contribution in [2.24, 2.45) is 5.41 Å². The van der Waals surface area contributed by atoms with Crippen LogP contribution < -0.4 is 0 Å². The van der Waals surface area contributed by atoms with E-state index in [2.05, 4.69) is 4.98 Å². The molecule has 0 aliphatic rings. The molecule has 0 saturated heterocycles. The number of phenols is 1. The highest BCUT2D eigenvalue weighted by Crippen LogP contribution is 2.49. The predicted octanol–water partition coefficient (Wildman–Crippen LogP) is 19.5. The van der Waals surface area contributed by atoms with Gasteiger partial charge in [-0.3, -0.25) is 9.55 Å². The van der Waals surface area contributed by atoms with Crippen molar-refractivity contribution in [1.82, 2.24) is 14.5 Å². The Labute approximate surface area is 489 Å². The van der Waals surface area contributed by atoms with Crippen molar-refractivity contribution in [3.8, 4) is 78.6 Å². The molecule has 4 nitrogen and oxygen atoms in total. The minimum atomic E-state index is -4.56. The van der Waals surface area contributed by atoms with Crippen LogP contribution in [0.2, 0.25) is 0 Å². The molecule has 75 heavy (non-hydrogen) atoms. The molecule has 384 valence electrons. The number of hydrogen-bond acceptors (Lipinski definition) is 3. The van der Waals surface area contributed by atoms with E-state index in [0.29, 0.717) is 33.4 Å². The van der Waals surface area contributed by atoms with E-state index in [1.807, 2.05) is 53.7 Å². The van der Waals surface area contributed by atoms with Crippen LogP contribution in [0.4, 0.5) is 0 Å². The van der Waals surface area contributed by atoms with Crippen molar-refractivity contribution in [1.29, 1.82) is 0 Å². The molecule has 0 atom stereocenters. The van der Waals surface area contributed by atoms with Crippen LogP contribution in [-0.2, 0) is 28.0 Å². The van der Waals surface area contributed by atoms with Crippen molar-refractivity contribution in [2.75, 3.05) is 0 Å². The highest BCUT2D eigenvalue weighted by Gasteiger charge is 2.31. The first-order valence-electron chi connectivity index (χ1n) is 39.0. The van der Waals surface area contributed by atoms with Crippen LogP contribution in [0.15, 0.2) is 152 Å². The molecule has 0 radical (unpaired) electrons.